The van der Waals surface area contributed by atoms with E-state index in [-0.39, 0.29) is 5.41 Å². The van der Waals surface area contributed by atoms with Gasteiger partial charge in [0.2, 0.25) is 0 Å². The van der Waals surface area contributed by atoms with Gasteiger partial charge in [0.15, 0.2) is 0 Å². The Morgan fingerprint density at radius 2 is 1.82 bits per heavy atom. The molecule has 0 radical (unpaired) electrons. The maximum Gasteiger partial charge on any atom is 0.293 e. The SMILES string of the molecule is CC(C)(CC(C)(C)c1ccccc1S)OC=O. The molecule has 0 heterocycles. The Bertz CT molecular complexity index is 397. The van der Waals surface area contributed by atoms with E-state index in [9.17, 15) is 4.79 Å². The molecule has 3 heteroatoms. The normalized spacial score (nSPS) is 12.3. The summed E-state index contributed by atoms with van der Waals surface area (Å²) in [4.78, 5) is 11.4. The Kier molecular flexibility index (Phi) is 4.26. The van der Waals surface area contributed by atoms with Crippen LogP contribution in [0, 0.1) is 0 Å². The van der Waals surface area contributed by atoms with Crippen molar-refractivity contribution in [1.82, 2.24) is 0 Å². The van der Waals surface area contributed by atoms with Crippen molar-refractivity contribution in [3.8, 4) is 0 Å². The third kappa shape index (κ3) is 3.77. The minimum atomic E-state index is -0.471. The van der Waals surface area contributed by atoms with Crippen LogP contribution in [0.2, 0.25) is 0 Å². The molecule has 0 amide bonds. The minimum absolute atomic E-state index is 0.0924. The van der Waals surface area contributed by atoms with Crippen molar-refractivity contribution in [2.45, 2.75) is 50.0 Å². The first-order chi connectivity index (χ1) is 7.78. The molecule has 1 rings (SSSR count). The van der Waals surface area contributed by atoms with Crippen LogP contribution < -0.4 is 0 Å². The standard InChI is InChI=1S/C14H20O2S/c1-13(2,9-14(3,4)16-10-15)11-7-5-6-8-12(11)17/h5-8,10,17H,9H2,1-4H3. The highest BCUT2D eigenvalue weighted by Crippen LogP contribution is 2.36. The molecule has 0 saturated carbocycles. The molecule has 17 heavy (non-hydrogen) atoms. The van der Waals surface area contributed by atoms with Crippen LogP contribution in [0.15, 0.2) is 29.2 Å². The van der Waals surface area contributed by atoms with E-state index in [2.05, 4.69) is 32.5 Å². The van der Waals surface area contributed by atoms with Crippen LogP contribution in [0.3, 0.4) is 0 Å². The van der Waals surface area contributed by atoms with E-state index in [1.165, 1.54) is 5.56 Å². The van der Waals surface area contributed by atoms with Crippen LogP contribution in [-0.2, 0) is 14.9 Å². The average Bonchev–Trinajstić information content (AvgIpc) is 2.15. The Morgan fingerprint density at radius 1 is 1.24 bits per heavy atom. The molecule has 0 atom stereocenters. The van der Waals surface area contributed by atoms with Crippen LogP contribution in [-0.4, -0.2) is 12.1 Å². The molecule has 94 valence electrons. The molecule has 0 fully saturated rings. The maximum absolute atomic E-state index is 10.5. The van der Waals surface area contributed by atoms with Gasteiger partial charge in [-0.1, -0.05) is 32.0 Å². The highest BCUT2D eigenvalue weighted by atomic mass is 32.1. The van der Waals surface area contributed by atoms with Crippen LogP contribution in [0.5, 0.6) is 0 Å². The molecule has 0 bridgehead atoms. The van der Waals surface area contributed by atoms with Crippen molar-refractivity contribution >= 4 is 19.1 Å². The first-order valence-electron chi connectivity index (χ1n) is 5.68. The van der Waals surface area contributed by atoms with Gasteiger partial charge in [-0.3, -0.25) is 4.79 Å². The number of ether oxygens (including phenoxy) is 1. The zero-order chi connectivity index (χ0) is 13.1. The zero-order valence-corrected chi connectivity index (χ0v) is 11.8. The van der Waals surface area contributed by atoms with Gasteiger partial charge in [-0.25, -0.2) is 0 Å². The molecule has 0 aliphatic carbocycles. The van der Waals surface area contributed by atoms with E-state index in [0.29, 0.717) is 6.47 Å². The fraction of sp³-hybridized carbons (Fsp3) is 0.500. The van der Waals surface area contributed by atoms with Crippen molar-refractivity contribution < 1.29 is 9.53 Å². The fourth-order valence-electron chi connectivity index (χ4n) is 2.38. The summed E-state index contributed by atoms with van der Waals surface area (Å²) < 4.78 is 5.12. The first-order valence-corrected chi connectivity index (χ1v) is 6.13. The summed E-state index contributed by atoms with van der Waals surface area (Å²) in [6.07, 6.45) is 0.746. The lowest BCUT2D eigenvalue weighted by molar-refractivity contribution is -0.141. The van der Waals surface area contributed by atoms with Crippen LogP contribution >= 0.6 is 12.6 Å². The molecule has 0 aliphatic rings. The molecule has 1 aromatic carbocycles. The van der Waals surface area contributed by atoms with E-state index in [1.807, 2.05) is 32.0 Å². The molecule has 0 aliphatic heterocycles. The molecule has 0 aromatic heterocycles. The Hall–Kier alpha value is -0.960. The van der Waals surface area contributed by atoms with Gasteiger partial charge in [-0.05, 0) is 37.3 Å². The van der Waals surface area contributed by atoms with E-state index < -0.39 is 5.60 Å². The second kappa shape index (κ2) is 5.13. The highest BCUT2D eigenvalue weighted by molar-refractivity contribution is 7.80. The number of rotatable bonds is 5. The van der Waals surface area contributed by atoms with Crippen molar-refractivity contribution in [2.24, 2.45) is 0 Å². The third-order valence-electron chi connectivity index (χ3n) is 2.87. The van der Waals surface area contributed by atoms with Gasteiger partial charge in [-0.2, -0.15) is 0 Å². The second-order valence-corrected chi connectivity index (χ2v) is 6.03. The number of carbonyl (C=O) groups excluding carboxylic acids is 1. The predicted octanol–water partition coefficient (Wildman–Crippen LogP) is 3.59. The van der Waals surface area contributed by atoms with E-state index in [4.69, 9.17) is 4.74 Å². The topological polar surface area (TPSA) is 26.3 Å². The van der Waals surface area contributed by atoms with Crippen LogP contribution in [0.4, 0.5) is 0 Å². The van der Waals surface area contributed by atoms with Crippen LogP contribution in [0.1, 0.15) is 39.7 Å². The highest BCUT2D eigenvalue weighted by Gasteiger charge is 2.32. The smallest absolute Gasteiger partial charge is 0.293 e. The summed E-state index contributed by atoms with van der Waals surface area (Å²) in [7, 11) is 0. The molecular formula is C14H20O2S. The molecule has 2 nitrogen and oxygen atoms in total. The predicted molar refractivity (Wildman–Crippen MR) is 72.6 cm³/mol. The van der Waals surface area contributed by atoms with Crippen LogP contribution in [0.25, 0.3) is 0 Å². The number of carbonyl (C=O) groups is 1. The van der Waals surface area contributed by atoms with Gasteiger partial charge in [0.05, 0.1) is 0 Å². The number of benzene rings is 1. The summed E-state index contributed by atoms with van der Waals surface area (Å²) in [5.74, 6) is 0. The van der Waals surface area contributed by atoms with E-state index in [0.717, 1.165) is 11.3 Å². The first kappa shape index (κ1) is 14.1. The summed E-state index contributed by atoms with van der Waals surface area (Å²) >= 11 is 4.48. The van der Waals surface area contributed by atoms with Gasteiger partial charge in [0.25, 0.3) is 6.47 Å². The lowest BCUT2D eigenvalue weighted by Crippen LogP contribution is -2.34. The summed E-state index contributed by atoms with van der Waals surface area (Å²) in [5.41, 5.74) is 0.609. The van der Waals surface area contributed by atoms with Crippen molar-refractivity contribution in [3.63, 3.8) is 0 Å². The second-order valence-electron chi connectivity index (χ2n) is 5.55. The molecule has 0 N–H and O–H groups in total. The van der Waals surface area contributed by atoms with Crippen molar-refractivity contribution in [2.75, 3.05) is 0 Å². The Balaban J connectivity index is 2.96. The van der Waals surface area contributed by atoms with Gasteiger partial charge < -0.3 is 4.74 Å². The lowest BCUT2D eigenvalue weighted by atomic mass is 9.76. The lowest BCUT2D eigenvalue weighted by Gasteiger charge is -2.34. The Morgan fingerprint density at radius 3 is 2.35 bits per heavy atom. The third-order valence-corrected chi connectivity index (χ3v) is 3.26. The van der Waals surface area contributed by atoms with Gasteiger partial charge in [0, 0.05) is 4.90 Å². The molecule has 0 spiro atoms. The summed E-state index contributed by atoms with van der Waals surface area (Å²) in [6, 6.07) is 8.02. The summed E-state index contributed by atoms with van der Waals surface area (Å²) in [6.45, 7) is 8.63. The molecule has 0 unspecified atom stereocenters. The maximum atomic E-state index is 10.5. The fourth-order valence-corrected chi connectivity index (χ4v) is 2.84. The zero-order valence-electron chi connectivity index (χ0n) is 10.9. The van der Waals surface area contributed by atoms with Gasteiger partial charge in [-0.15, -0.1) is 12.6 Å². The monoisotopic (exact) mass is 252 g/mol. The largest absolute Gasteiger partial charge is 0.462 e. The average molecular weight is 252 g/mol. The van der Waals surface area contributed by atoms with Crippen molar-refractivity contribution in [1.29, 1.82) is 0 Å². The van der Waals surface area contributed by atoms with Crippen molar-refractivity contribution in [3.05, 3.63) is 29.8 Å². The number of hydrogen-bond donors (Lipinski definition) is 1. The number of thiol groups is 1. The van der Waals surface area contributed by atoms with Gasteiger partial charge >= 0.3 is 0 Å². The minimum Gasteiger partial charge on any atom is -0.462 e. The van der Waals surface area contributed by atoms with E-state index in [1.54, 1.807) is 0 Å². The molecule has 1 aromatic rings. The van der Waals surface area contributed by atoms with Gasteiger partial charge in [0.1, 0.15) is 5.60 Å². The molecular weight excluding hydrogens is 232 g/mol. The molecule has 0 saturated heterocycles. The quantitative estimate of drug-likeness (QED) is 0.640. The van der Waals surface area contributed by atoms with E-state index >= 15 is 0 Å². The summed E-state index contributed by atoms with van der Waals surface area (Å²) in [5, 5.41) is 0. The Labute approximate surface area is 109 Å². The number of hydrogen-bond acceptors (Lipinski definition) is 3.